The zero-order chi connectivity index (χ0) is 15.4. The van der Waals surface area contributed by atoms with E-state index in [1.807, 2.05) is 11.8 Å². The molecule has 0 spiro atoms. The fourth-order valence-electron chi connectivity index (χ4n) is 2.45. The molecule has 1 aromatic rings. The normalized spacial score (nSPS) is 15.8. The number of hydrogen-bond acceptors (Lipinski definition) is 4. The van der Waals surface area contributed by atoms with Crippen molar-refractivity contribution in [2.24, 2.45) is 5.92 Å². The molecule has 0 saturated carbocycles. The highest BCUT2D eigenvalue weighted by Crippen LogP contribution is 2.22. The zero-order valence-corrected chi connectivity index (χ0v) is 12.5. The monoisotopic (exact) mass is 291 g/mol. The Morgan fingerprint density at radius 1 is 1.43 bits per heavy atom. The Hall–Kier alpha value is -2.11. The van der Waals surface area contributed by atoms with Gasteiger partial charge in [-0.1, -0.05) is 13.0 Å². The van der Waals surface area contributed by atoms with Gasteiger partial charge in [0.2, 0.25) is 5.91 Å². The highest BCUT2D eigenvalue weighted by molar-refractivity contribution is 5.81. The molecule has 1 saturated heterocycles. The van der Waals surface area contributed by atoms with Gasteiger partial charge in [-0.05, 0) is 31.2 Å². The third-order valence-corrected chi connectivity index (χ3v) is 4.00. The summed E-state index contributed by atoms with van der Waals surface area (Å²) < 4.78 is 0. The van der Waals surface area contributed by atoms with Gasteiger partial charge in [-0.15, -0.1) is 0 Å². The Labute approximate surface area is 124 Å². The number of carbonyl (C=O) groups excluding carboxylic acids is 1. The van der Waals surface area contributed by atoms with E-state index in [0.717, 1.165) is 31.5 Å². The smallest absolute Gasteiger partial charge is 0.271 e. The standard InChI is InChI=1S/C15H21N3O3/c1-11-5-7-17(8-6-11)15(19)10-16-14-9-13(18(20)21)4-3-12(14)2/h3-4,9,11,16H,5-8,10H2,1-2H3. The summed E-state index contributed by atoms with van der Waals surface area (Å²) in [5, 5.41) is 13.8. The third-order valence-electron chi connectivity index (χ3n) is 4.00. The number of nitrogens with one attached hydrogen (secondary N) is 1. The number of aryl methyl sites for hydroxylation is 1. The number of hydrogen-bond donors (Lipinski definition) is 1. The lowest BCUT2D eigenvalue weighted by molar-refractivity contribution is -0.384. The van der Waals surface area contributed by atoms with Gasteiger partial charge in [0.25, 0.3) is 5.69 Å². The van der Waals surface area contributed by atoms with E-state index in [4.69, 9.17) is 0 Å². The van der Waals surface area contributed by atoms with Gasteiger partial charge in [0.15, 0.2) is 0 Å². The van der Waals surface area contributed by atoms with Crippen molar-refractivity contribution < 1.29 is 9.72 Å². The maximum atomic E-state index is 12.1. The number of nitro benzene ring substituents is 1. The van der Waals surface area contributed by atoms with Crippen LogP contribution in [0.4, 0.5) is 11.4 Å². The Balaban J connectivity index is 1.94. The maximum absolute atomic E-state index is 12.1. The van der Waals surface area contributed by atoms with E-state index < -0.39 is 4.92 Å². The van der Waals surface area contributed by atoms with Crippen molar-refractivity contribution in [3.63, 3.8) is 0 Å². The highest BCUT2D eigenvalue weighted by atomic mass is 16.6. The molecule has 0 aromatic heterocycles. The number of carbonyl (C=O) groups is 1. The molecule has 0 atom stereocenters. The molecular weight excluding hydrogens is 270 g/mol. The van der Waals surface area contributed by atoms with Crippen LogP contribution in [0.15, 0.2) is 18.2 Å². The molecule has 2 rings (SSSR count). The lowest BCUT2D eigenvalue weighted by Gasteiger charge is -2.30. The summed E-state index contributed by atoms with van der Waals surface area (Å²) in [5.74, 6) is 0.730. The van der Waals surface area contributed by atoms with Crippen LogP contribution in [0.3, 0.4) is 0 Å². The molecule has 1 fully saturated rings. The van der Waals surface area contributed by atoms with Crippen molar-refractivity contribution >= 4 is 17.3 Å². The minimum atomic E-state index is -0.432. The van der Waals surface area contributed by atoms with Gasteiger partial charge in [0.1, 0.15) is 0 Å². The van der Waals surface area contributed by atoms with Crippen LogP contribution in [0.5, 0.6) is 0 Å². The maximum Gasteiger partial charge on any atom is 0.271 e. The minimum Gasteiger partial charge on any atom is -0.376 e. The second-order valence-corrected chi connectivity index (χ2v) is 5.67. The summed E-state index contributed by atoms with van der Waals surface area (Å²) in [6.07, 6.45) is 2.09. The lowest BCUT2D eigenvalue weighted by atomic mass is 9.99. The number of likely N-dealkylation sites (tertiary alicyclic amines) is 1. The number of rotatable bonds is 4. The fourth-order valence-corrected chi connectivity index (χ4v) is 2.45. The molecule has 0 aliphatic carbocycles. The summed E-state index contributed by atoms with van der Waals surface area (Å²) >= 11 is 0. The average molecular weight is 291 g/mol. The Bertz CT molecular complexity index is 537. The van der Waals surface area contributed by atoms with Crippen LogP contribution in [-0.4, -0.2) is 35.4 Å². The van der Waals surface area contributed by atoms with Crippen molar-refractivity contribution in [1.82, 2.24) is 4.90 Å². The number of benzene rings is 1. The second kappa shape index (κ2) is 6.56. The predicted octanol–water partition coefficient (Wildman–Crippen LogP) is 2.57. The molecule has 6 heteroatoms. The van der Waals surface area contributed by atoms with Gasteiger partial charge in [0, 0.05) is 30.9 Å². The van der Waals surface area contributed by atoms with Crippen molar-refractivity contribution in [1.29, 1.82) is 0 Å². The predicted molar refractivity (Wildman–Crippen MR) is 81.3 cm³/mol. The van der Waals surface area contributed by atoms with E-state index in [1.54, 1.807) is 6.07 Å². The van der Waals surface area contributed by atoms with E-state index in [1.165, 1.54) is 12.1 Å². The third kappa shape index (κ3) is 3.93. The van der Waals surface area contributed by atoms with Crippen LogP contribution in [0.25, 0.3) is 0 Å². The number of anilines is 1. The quantitative estimate of drug-likeness (QED) is 0.683. The number of piperidine rings is 1. The molecular formula is C15H21N3O3. The van der Waals surface area contributed by atoms with E-state index in [-0.39, 0.29) is 18.1 Å². The Kier molecular flexibility index (Phi) is 4.77. The van der Waals surface area contributed by atoms with Crippen LogP contribution >= 0.6 is 0 Å². The SMILES string of the molecule is Cc1ccc([N+](=O)[O-])cc1NCC(=O)N1CCC(C)CC1. The molecule has 1 aliphatic rings. The average Bonchev–Trinajstić information content (AvgIpc) is 2.46. The molecule has 1 aromatic carbocycles. The summed E-state index contributed by atoms with van der Waals surface area (Å²) in [6.45, 7) is 5.84. The van der Waals surface area contributed by atoms with Gasteiger partial charge < -0.3 is 10.2 Å². The highest BCUT2D eigenvalue weighted by Gasteiger charge is 2.20. The molecule has 0 radical (unpaired) electrons. The van der Waals surface area contributed by atoms with E-state index in [9.17, 15) is 14.9 Å². The molecule has 114 valence electrons. The molecule has 1 amide bonds. The molecule has 0 unspecified atom stereocenters. The van der Waals surface area contributed by atoms with E-state index in [2.05, 4.69) is 12.2 Å². The first kappa shape index (κ1) is 15.3. The lowest BCUT2D eigenvalue weighted by Crippen LogP contribution is -2.40. The number of amides is 1. The summed E-state index contributed by atoms with van der Waals surface area (Å²) in [4.78, 5) is 24.3. The van der Waals surface area contributed by atoms with Gasteiger partial charge in [-0.25, -0.2) is 0 Å². The van der Waals surface area contributed by atoms with Crippen molar-refractivity contribution in [2.45, 2.75) is 26.7 Å². The van der Waals surface area contributed by atoms with Crippen LogP contribution in [0.1, 0.15) is 25.3 Å². The molecule has 6 nitrogen and oxygen atoms in total. The fraction of sp³-hybridized carbons (Fsp3) is 0.533. The minimum absolute atomic E-state index is 0.0300. The largest absolute Gasteiger partial charge is 0.376 e. The number of non-ortho nitro benzene ring substituents is 1. The van der Waals surface area contributed by atoms with Gasteiger partial charge >= 0.3 is 0 Å². The van der Waals surface area contributed by atoms with Gasteiger partial charge in [0.05, 0.1) is 11.5 Å². The topological polar surface area (TPSA) is 75.5 Å². The zero-order valence-electron chi connectivity index (χ0n) is 12.5. The Morgan fingerprint density at radius 3 is 2.71 bits per heavy atom. The van der Waals surface area contributed by atoms with Gasteiger partial charge in [-0.2, -0.15) is 0 Å². The van der Waals surface area contributed by atoms with Crippen molar-refractivity contribution in [3.8, 4) is 0 Å². The second-order valence-electron chi connectivity index (χ2n) is 5.67. The van der Waals surface area contributed by atoms with E-state index in [0.29, 0.717) is 11.6 Å². The summed E-state index contributed by atoms with van der Waals surface area (Å²) in [6, 6.07) is 4.63. The first-order valence-electron chi connectivity index (χ1n) is 7.24. The number of nitrogens with zero attached hydrogens (tertiary/aromatic N) is 2. The van der Waals surface area contributed by atoms with Crippen molar-refractivity contribution in [2.75, 3.05) is 25.0 Å². The van der Waals surface area contributed by atoms with E-state index >= 15 is 0 Å². The Morgan fingerprint density at radius 2 is 2.10 bits per heavy atom. The van der Waals surface area contributed by atoms with Crippen molar-refractivity contribution in [3.05, 3.63) is 33.9 Å². The molecule has 1 N–H and O–H groups in total. The van der Waals surface area contributed by atoms with Gasteiger partial charge in [-0.3, -0.25) is 14.9 Å². The van der Waals surface area contributed by atoms with Crippen LogP contribution in [-0.2, 0) is 4.79 Å². The number of nitro groups is 1. The first-order chi connectivity index (χ1) is 9.97. The molecule has 21 heavy (non-hydrogen) atoms. The summed E-state index contributed by atoms with van der Waals surface area (Å²) in [7, 11) is 0. The first-order valence-corrected chi connectivity index (χ1v) is 7.24. The molecule has 0 bridgehead atoms. The van der Waals surface area contributed by atoms with Crippen LogP contribution < -0.4 is 5.32 Å². The van der Waals surface area contributed by atoms with Crippen LogP contribution in [0, 0.1) is 23.0 Å². The molecule has 1 heterocycles. The summed E-state index contributed by atoms with van der Waals surface area (Å²) in [5.41, 5.74) is 1.56. The molecule has 1 aliphatic heterocycles. The van der Waals surface area contributed by atoms with Crippen LogP contribution in [0.2, 0.25) is 0 Å².